The summed E-state index contributed by atoms with van der Waals surface area (Å²) in [5.74, 6) is 0.336. The third kappa shape index (κ3) is 3.77. The van der Waals surface area contributed by atoms with E-state index in [1.54, 1.807) is 6.92 Å². The van der Waals surface area contributed by atoms with Gasteiger partial charge in [0.05, 0.1) is 5.25 Å². The van der Waals surface area contributed by atoms with Crippen molar-refractivity contribution in [2.75, 3.05) is 0 Å². The fourth-order valence-electron chi connectivity index (χ4n) is 2.36. The Kier molecular flexibility index (Phi) is 5.25. The van der Waals surface area contributed by atoms with Crippen LogP contribution in [-0.4, -0.2) is 21.3 Å². The van der Waals surface area contributed by atoms with Gasteiger partial charge in [-0.05, 0) is 18.8 Å². The number of nitrogens with zero attached hydrogens (tertiary/aromatic N) is 1. The van der Waals surface area contributed by atoms with E-state index in [1.807, 2.05) is 0 Å². The van der Waals surface area contributed by atoms with E-state index in [9.17, 15) is 14.9 Å². The van der Waals surface area contributed by atoms with Crippen molar-refractivity contribution in [3.8, 4) is 0 Å². The molecule has 0 N–H and O–H groups in total. The first-order chi connectivity index (χ1) is 7.52. The van der Waals surface area contributed by atoms with Crippen molar-refractivity contribution >= 4 is 16.9 Å². The summed E-state index contributed by atoms with van der Waals surface area (Å²) in [6.07, 6.45) is 5.57. The highest BCUT2D eigenvalue weighted by Gasteiger charge is 2.35. The van der Waals surface area contributed by atoms with Gasteiger partial charge in [0.25, 0.3) is 0 Å². The average molecular weight is 245 g/mol. The summed E-state index contributed by atoms with van der Waals surface area (Å²) >= 11 is 1.16. The molecule has 0 heterocycles. The van der Waals surface area contributed by atoms with Crippen molar-refractivity contribution in [1.82, 2.24) is 0 Å². The maximum Gasteiger partial charge on any atom is 0.222 e. The van der Waals surface area contributed by atoms with Crippen LogP contribution in [-0.2, 0) is 4.79 Å². The lowest BCUT2D eigenvalue weighted by molar-refractivity contribution is -0.518. The standard InChI is InChI=1S/C11H19NO3S/c1-8(12(14)15)11(16-9(2)13)10-6-4-3-5-7-10/h8,10-11H,3-7H2,1-2H3/t8-,11-/m1/s1. The fourth-order valence-corrected chi connectivity index (χ4v) is 3.51. The fraction of sp³-hybridized carbons (Fsp3) is 0.909. The predicted molar refractivity (Wildman–Crippen MR) is 65.1 cm³/mol. The molecule has 1 fully saturated rings. The van der Waals surface area contributed by atoms with Crippen LogP contribution in [0.5, 0.6) is 0 Å². The lowest BCUT2D eigenvalue weighted by atomic mass is 9.85. The molecule has 1 rings (SSSR count). The van der Waals surface area contributed by atoms with Gasteiger partial charge in [0.2, 0.25) is 6.04 Å². The molecule has 0 bridgehead atoms. The maximum atomic E-state index is 11.2. The van der Waals surface area contributed by atoms with Crippen LogP contribution in [0, 0.1) is 16.0 Å². The Bertz CT molecular complexity index is 264. The Balaban J connectivity index is 2.68. The second-order valence-corrected chi connectivity index (χ2v) is 5.85. The Hall–Kier alpha value is -0.580. The minimum Gasteiger partial charge on any atom is -0.288 e. The second kappa shape index (κ2) is 6.23. The quantitative estimate of drug-likeness (QED) is 0.564. The highest BCUT2D eigenvalue weighted by Crippen LogP contribution is 2.35. The van der Waals surface area contributed by atoms with Crippen LogP contribution < -0.4 is 0 Å². The van der Waals surface area contributed by atoms with Crippen molar-refractivity contribution in [1.29, 1.82) is 0 Å². The van der Waals surface area contributed by atoms with Gasteiger partial charge in [-0.3, -0.25) is 14.9 Å². The molecule has 0 spiro atoms. The van der Waals surface area contributed by atoms with Gasteiger partial charge in [0.1, 0.15) is 0 Å². The highest BCUT2D eigenvalue weighted by atomic mass is 32.2. The molecule has 2 atom stereocenters. The van der Waals surface area contributed by atoms with E-state index in [0.29, 0.717) is 5.92 Å². The molecule has 5 heteroatoms. The summed E-state index contributed by atoms with van der Waals surface area (Å²) in [6, 6.07) is -0.628. The third-order valence-electron chi connectivity index (χ3n) is 3.22. The molecule has 0 aromatic heterocycles. The number of hydrogen-bond acceptors (Lipinski definition) is 4. The second-order valence-electron chi connectivity index (χ2n) is 4.50. The smallest absolute Gasteiger partial charge is 0.222 e. The van der Waals surface area contributed by atoms with Crippen LogP contribution in [0.1, 0.15) is 46.0 Å². The lowest BCUT2D eigenvalue weighted by Crippen LogP contribution is -2.36. The molecule has 0 radical (unpaired) electrons. The largest absolute Gasteiger partial charge is 0.288 e. The molecule has 1 aliphatic carbocycles. The zero-order valence-corrected chi connectivity index (χ0v) is 10.7. The Morgan fingerprint density at radius 2 is 1.94 bits per heavy atom. The number of thioether (sulfide) groups is 1. The Labute approximate surface area is 100 Å². The van der Waals surface area contributed by atoms with Gasteiger partial charge in [-0.2, -0.15) is 0 Å². The van der Waals surface area contributed by atoms with Gasteiger partial charge in [-0.1, -0.05) is 31.0 Å². The number of rotatable bonds is 4. The molecule has 16 heavy (non-hydrogen) atoms. The normalized spacial score (nSPS) is 21.4. The van der Waals surface area contributed by atoms with Gasteiger partial charge >= 0.3 is 0 Å². The Morgan fingerprint density at radius 1 is 1.38 bits per heavy atom. The topological polar surface area (TPSA) is 60.2 Å². The van der Waals surface area contributed by atoms with E-state index in [2.05, 4.69) is 0 Å². The van der Waals surface area contributed by atoms with Gasteiger partial charge in [-0.15, -0.1) is 0 Å². The minimum atomic E-state index is -0.628. The molecule has 4 nitrogen and oxygen atoms in total. The van der Waals surface area contributed by atoms with E-state index in [0.717, 1.165) is 37.4 Å². The first kappa shape index (κ1) is 13.5. The number of nitro groups is 1. The van der Waals surface area contributed by atoms with E-state index in [1.165, 1.54) is 13.3 Å². The number of carbonyl (C=O) groups excluding carboxylic acids is 1. The van der Waals surface area contributed by atoms with Crippen molar-refractivity contribution in [3.63, 3.8) is 0 Å². The van der Waals surface area contributed by atoms with E-state index in [-0.39, 0.29) is 15.3 Å². The summed E-state index contributed by atoms with van der Waals surface area (Å²) in [6.45, 7) is 3.11. The van der Waals surface area contributed by atoms with Crippen molar-refractivity contribution < 1.29 is 9.72 Å². The molecule has 92 valence electrons. The molecule has 1 aliphatic rings. The first-order valence-electron chi connectivity index (χ1n) is 5.83. The highest BCUT2D eigenvalue weighted by molar-refractivity contribution is 8.14. The van der Waals surface area contributed by atoms with Crippen molar-refractivity contribution in [3.05, 3.63) is 10.1 Å². The molecule has 0 aliphatic heterocycles. The summed E-state index contributed by atoms with van der Waals surface area (Å²) in [5.41, 5.74) is 0. The first-order valence-corrected chi connectivity index (χ1v) is 6.71. The molecule has 0 saturated heterocycles. The monoisotopic (exact) mass is 245 g/mol. The number of hydrogen-bond donors (Lipinski definition) is 0. The number of carbonyl (C=O) groups is 1. The van der Waals surface area contributed by atoms with Crippen LogP contribution in [0.2, 0.25) is 0 Å². The third-order valence-corrected chi connectivity index (χ3v) is 4.61. The SMILES string of the molecule is CC(=O)S[C@@H](C1CCCCC1)[C@@H](C)[N+](=O)[O-]. The predicted octanol–water partition coefficient (Wildman–Crippen LogP) is 2.88. The van der Waals surface area contributed by atoms with Gasteiger partial charge < -0.3 is 0 Å². The van der Waals surface area contributed by atoms with Gasteiger partial charge in [0.15, 0.2) is 5.12 Å². The molecule has 0 aromatic carbocycles. The van der Waals surface area contributed by atoms with Crippen LogP contribution in [0.15, 0.2) is 0 Å². The zero-order chi connectivity index (χ0) is 12.1. The van der Waals surface area contributed by atoms with Crippen LogP contribution in [0.25, 0.3) is 0 Å². The van der Waals surface area contributed by atoms with Crippen LogP contribution >= 0.6 is 11.8 Å². The zero-order valence-electron chi connectivity index (χ0n) is 9.85. The van der Waals surface area contributed by atoms with Crippen LogP contribution in [0.3, 0.4) is 0 Å². The van der Waals surface area contributed by atoms with E-state index in [4.69, 9.17) is 0 Å². The maximum absolute atomic E-state index is 11.2. The van der Waals surface area contributed by atoms with Crippen LogP contribution in [0.4, 0.5) is 0 Å². The summed E-state index contributed by atoms with van der Waals surface area (Å²) in [5, 5.41) is 10.7. The molecule has 0 amide bonds. The minimum absolute atomic E-state index is 0.00993. The van der Waals surface area contributed by atoms with Gasteiger partial charge in [-0.25, -0.2) is 0 Å². The van der Waals surface area contributed by atoms with E-state index >= 15 is 0 Å². The van der Waals surface area contributed by atoms with Gasteiger partial charge in [0, 0.05) is 18.8 Å². The molecule has 0 aromatic rings. The summed E-state index contributed by atoms with van der Waals surface area (Å²) in [7, 11) is 0. The van der Waals surface area contributed by atoms with Crippen molar-refractivity contribution in [2.45, 2.75) is 57.2 Å². The average Bonchev–Trinajstić information content (AvgIpc) is 2.26. The molecular formula is C11H19NO3S. The summed E-state index contributed by atoms with van der Waals surface area (Å²) < 4.78 is 0. The lowest BCUT2D eigenvalue weighted by Gasteiger charge is -2.29. The Morgan fingerprint density at radius 3 is 2.38 bits per heavy atom. The molecule has 0 unspecified atom stereocenters. The molecule has 1 saturated carbocycles. The summed E-state index contributed by atoms with van der Waals surface area (Å²) in [4.78, 5) is 21.8. The van der Waals surface area contributed by atoms with E-state index < -0.39 is 6.04 Å². The van der Waals surface area contributed by atoms with Crippen molar-refractivity contribution in [2.24, 2.45) is 5.92 Å². The molecular weight excluding hydrogens is 226 g/mol.